The second-order valence-electron chi connectivity index (χ2n) is 8.31. The summed E-state index contributed by atoms with van der Waals surface area (Å²) in [6.45, 7) is 2.86. The maximum atomic E-state index is 14.2. The van der Waals surface area contributed by atoms with Crippen LogP contribution in [0.4, 0.5) is 8.78 Å². The van der Waals surface area contributed by atoms with Crippen molar-refractivity contribution in [2.24, 2.45) is 0 Å². The van der Waals surface area contributed by atoms with Crippen LogP contribution < -0.4 is 5.43 Å². The third-order valence-electron chi connectivity index (χ3n) is 5.85. The quantitative estimate of drug-likeness (QED) is 0.361. The Labute approximate surface area is 201 Å². The molecule has 35 heavy (non-hydrogen) atoms. The molecule has 4 aromatic rings. The first-order valence-corrected chi connectivity index (χ1v) is 11.6. The number of nitrogens with zero attached hydrogens (tertiary/aromatic N) is 4. The number of halogens is 2. The molecule has 4 rings (SSSR count). The van der Waals surface area contributed by atoms with Crippen molar-refractivity contribution < 1.29 is 13.6 Å². The first-order chi connectivity index (χ1) is 17.0. The molecule has 0 aliphatic rings. The zero-order valence-electron chi connectivity index (χ0n) is 19.5. The minimum atomic E-state index is -0.917. The fraction of sp³-hybridized carbons (Fsp3) is 0.259. The van der Waals surface area contributed by atoms with E-state index in [9.17, 15) is 18.4 Å². The number of fused-ring (bicyclic) bond motifs is 1. The molecule has 3 aromatic heterocycles. The molecule has 0 saturated heterocycles. The van der Waals surface area contributed by atoms with E-state index in [1.54, 1.807) is 34.0 Å². The molecular weight excluding hydrogens is 450 g/mol. The highest BCUT2D eigenvalue weighted by Crippen LogP contribution is 2.17. The lowest BCUT2D eigenvalue weighted by Crippen LogP contribution is -2.35. The van der Waals surface area contributed by atoms with E-state index in [1.165, 1.54) is 18.2 Å². The van der Waals surface area contributed by atoms with Crippen LogP contribution in [0, 0.1) is 11.6 Å². The van der Waals surface area contributed by atoms with Crippen LogP contribution >= 0.6 is 0 Å². The van der Waals surface area contributed by atoms with Crippen LogP contribution in [0.1, 0.15) is 30.3 Å². The summed E-state index contributed by atoms with van der Waals surface area (Å²) in [7, 11) is 0. The minimum Gasteiger partial charge on any atom is -0.335 e. The maximum absolute atomic E-state index is 14.2. The summed E-state index contributed by atoms with van der Waals surface area (Å²) in [6, 6.07) is 14.4. The van der Waals surface area contributed by atoms with Gasteiger partial charge < -0.3 is 9.47 Å². The number of rotatable bonds is 9. The molecule has 6 nitrogen and oxygen atoms in total. The van der Waals surface area contributed by atoms with Gasteiger partial charge in [0.25, 0.3) is 0 Å². The van der Waals surface area contributed by atoms with E-state index < -0.39 is 11.6 Å². The third kappa shape index (κ3) is 5.59. The molecule has 0 fully saturated rings. The molecule has 0 bridgehead atoms. The predicted octanol–water partition coefficient (Wildman–Crippen LogP) is 4.29. The molecule has 0 radical (unpaired) electrons. The van der Waals surface area contributed by atoms with Gasteiger partial charge >= 0.3 is 0 Å². The van der Waals surface area contributed by atoms with E-state index >= 15 is 0 Å². The third-order valence-corrected chi connectivity index (χ3v) is 5.85. The standard InChI is InChI=1S/C27H26F2N4O2/c1-2-15-32(17-20-8-3-4-13-30-20)25(35)18-33-21(12-11-19-7-5-10-23(28)26(19)29)16-24(34)22-9-6-14-31-27(22)33/h3-10,13-14,16H,2,11-12,15,17-18H2,1H3. The number of amides is 1. The van der Waals surface area contributed by atoms with Gasteiger partial charge in [0, 0.05) is 30.7 Å². The number of aryl methyl sites for hydroxylation is 2. The molecular formula is C27H26F2N4O2. The molecule has 180 valence electrons. The summed E-state index contributed by atoms with van der Waals surface area (Å²) >= 11 is 0. The Morgan fingerprint density at radius 3 is 2.60 bits per heavy atom. The molecule has 3 heterocycles. The zero-order chi connectivity index (χ0) is 24.8. The molecule has 0 unspecified atom stereocenters. The van der Waals surface area contributed by atoms with Crippen molar-refractivity contribution in [2.75, 3.05) is 6.54 Å². The molecule has 8 heteroatoms. The van der Waals surface area contributed by atoms with Crippen molar-refractivity contribution in [3.05, 3.63) is 106 Å². The van der Waals surface area contributed by atoms with Gasteiger partial charge in [-0.15, -0.1) is 0 Å². The number of aromatic nitrogens is 3. The second kappa shape index (κ2) is 11.0. The van der Waals surface area contributed by atoms with Gasteiger partial charge in [0.1, 0.15) is 12.2 Å². The van der Waals surface area contributed by atoms with Gasteiger partial charge in [0.2, 0.25) is 5.91 Å². The summed E-state index contributed by atoms with van der Waals surface area (Å²) in [4.78, 5) is 36.6. The van der Waals surface area contributed by atoms with E-state index in [4.69, 9.17) is 0 Å². The molecule has 0 spiro atoms. The largest absolute Gasteiger partial charge is 0.335 e. The zero-order valence-corrected chi connectivity index (χ0v) is 19.5. The van der Waals surface area contributed by atoms with Crippen LogP contribution in [0.15, 0.2) is 71.8 Å². The van der Waals surface area contributed by atoms with Crippen LogP contribution in [0.3, 0.4) is 0 Å². The first kappa shape index (κ1) is 24.2. The molecule has 0 saturated carbocycles. The van der Waals surface area contributed by atoms with E-state index in [2.05, 4.69) is 9.97 Å². The smallest absolute Gasteiger partial charge is 0.242 e. The fourth-order valence-electron chi connectivity index (χ4n) is 4.12. The highest BCUT2D eigenvalue weighted by atomic mass is 19.2. The lowest BCUT2D eigenvalue weighted by molar-refractivity contribution is -0.132. The second-order valence-corrected chi connectivity index (χ2v) is 8.31. The molecule has 1 amide bonds. The van der Waals surface area contributed by atoms with Gasteiger partial charge in [-0.1, -0.05) is 25.1 Å². The lowest BCUT2D eigenvalue weighted by Gasteiger charge is -2.24. The van der Waals surface area contributed by atoms with Crippen LogP contribution in [-0.4, -0.2) is 31.9 Å². The molecule has 0 atom stereocenters. The highest BCUT2D eigenvalue weighted by molar-refractivity contribution is 5.80. The van der Waals surface area contributed by atoms with E-state index in [0.29, 0.717) is 29.8 Å². The Bertz CT molecular complexity index is 1390. The molecule has 0 aliphatic heterocycles. The van der Waals surface area contributed by atoms with Gasteiger partial charge in [-0.05, 0) is 55.2 Å². The van der Waals surface area contributed by atoms with Crippen molar-refractivity contribution in [1.29, 1.82) is 0 Å². The van der Waals surface area contributed by atoms with Crippen LogP contribution in [0.5, 0.6) is 0 Å². The SMILES string of the molecule is CCCN(Cc1ccccn1)C(=O)Cn1c(CCc2cccc(F)c2F)cc(=O)c2cccnc21. The molecule has 0 N–H and O–H groups in total. The van der Waals surface area contributed by atoms with Crippen molar-refractivity contribution in [2.45, 2.75) is 39.3 Å². The fourth-order valence-corrected chi connectivity index (χ4v) is 4.12. The summed E-state index contributed by atoms with van der Waals surface area (Å²) in [6.07, 6.45) is 4.43. The average Bonchev–Trinajstić information content (AvgIpc) is 2.87. The lowest BCUT2D eigenvalue weighted by atomic mass is 10.1. The summed E-state index contributed by atoms with van der Waals surface area (Å²) < 4.78 is 29.6. The number of benzene rings is 1. The Kier molecular flexibility index (Phi) is 7.60. The van der Waals surface area contributed by atoms with Crippen molar-refractivity contribution in [3.63, 3.8) is 0 Å². The van der Waals surface area contributed by atoms with Gasteiger partial charge in [-0.3, -0.25) is 14.6 Å². The number of carbonyl (C=O) groups excluding carboxylic acids is 1. The van der Waals surface area contributed by atoms with E-state index in [0.717, 1.165) is 18.2 Å². The Hall–Kier alpha value is -3.94. The number of hydrogen-bond acceptors (Lipinski definition) is 4. The van der Waals surface area contributed by atoms with Gasteiger partial charge in [0.05, 0.1) is 17.6 Å². The minimum absolute atomic E-state index is 0.0401. The van der Waals surface area contributed by atoms with Crippen molar-refractivity contribution in [1.82, 2.24) is 19.4 Å². The average molecular weight is 477 g/mol. The monoisotopic (exact) mass is 476 g/mol. The van der Waals surface area contributed by atoms with Gasteiger partial charge in [0.15, 0.2) is 17.1 Å². The maximum Gasteiger partial charge on any atom is 0.242 e. The predicted molar refractivity (Wildman–Crippen MR) is 130 cm³/mol. The van der Waals surface area contributed by atoms with Crippen molar-refractivity contribution in [3.8, 4) is 0 Å². The van der Waals surface area contributed by atoms with Gasteiger partial charge in [-0.2, -0.15) is 0 Å². The van der Waals surface area contributed by atoms with Crippen molar-refractivity contribution >= 4 is 16.9 Å². The topological polar surface area (TPSA) is 68.1 Å². The summed E-state index contributed by atoms with van der Waals surface area (Å²) in [5.74, 6) is -1.97. The van der Waals surface area contributed by atoms with Crippen LogP contribution in [-0.2, 0) is 30.7 Å². The number of hydrogen-bond donors (Lipinski definition) is 0. The number of pyridine rings is 3. The Balaban J connectivity index is 1.67. The highest BCUT2D eigenvalue weighted by Gasteiger charge is 2.19. The first-order valence-electron chi connectivity index (χ1n) is 11.6. The summed E-state index contributed by atoms with van der Waals surface area (Å²) in [5.41, 5.74) is 1.67. The summed E-state index contributed by atoms with van der Waals surface area (Å²) in [5, 5.41) is 0.396. The van der Waals surface area contributed by atoms with E-state index in [1.807, 2.05) is 25.1 Å². The Morgan fingerprint density at radius 2 is 1.83 bits per heavy atom. The molecule has 1 aromatic carbocycles. The van der Waals surface area contributed by atoms with Crippen LogP contribution in [0.25, 0.3) is 11.0 Å². The van der Waals surface area contributed by atoms with E-state index in [-0.39, 0.29) is 36.3 Å². The Morgan fingerprint density at radius 1 is 1.00 bits per heavy atom. The molecule has 0 aliphatic carbocycles. The van der Waals surface area contributed by atoms with Crippen LogP contribution in [0.2, 0.25) is 0 Å². The van der Waals surface area contributed by atoms with Gasteiger partial charge in [-0.25, -0.2) is 13.8 Å². The number of carbonyl (C=O) groups is 1. The normalized spacial score (nSPS) is 11.1.